The number of fused-ring (bicyclic) bond motifs is 1. The van der Waals surface area contributed by atoms with Crippen LogP contribution in [0, 0.1) is 0 Å². The Bertz CT molecular complexity index is 1230. The lowest BCUT2D eigenvalue weighted by Crippen LogP contribution is -2.27. The van der Waals surface area contributed by atoms with Gasteiger partial charge in [-0.2, -0.15) is 4.31 Å². The number of sulfonamides is 1. The molecule has 0 spiro atoms. The van der Waals surface area contributed by atoms with Crippen molar-refractivity contribution in [2.75, 3.05) is 26.8 Å². The predicted molar refractivity (Wildman–Crippen MR) is 129 cm³/mol. The third-order valence-electron chi connectivity index (χ3n) is 6.30. The Morgan fingerprint density at radius 3 is 2.76 bits per heavy atom. The van der Waals surface area contributed by atoms with Gasteiger partial charge in [0.1, 0.15) is 5.75 Å². The zero-order valence-electron chi connectivity index (χ0n) is 18.8. The SMILES string of the molecule is COc1cccc(CSc2nc3cc(S(=O)(=O)N4CCCC4)ccc3n2C[C@@H]2CCCO2)c1. The fourth-order valence-corrected chi connectivity index (χ4v) is 7.02. The lowest BCUT2D eigenvalue weighted by atomic mass is 10.2. The van der Waals surface area contributed by atoms with E-state index in [0.29, 0.717) is 23.5 Å². The zero-order valence-corrected chi connectivity index (χ0v) is 20.4. The first-order valence-corrected chi connectivity index (χ1v) is 13.8. The number of hydrogen-bond donors (Lipinski definition) is 0. The molecule has 2 fully saturated rings. The van der Waals surface area contributed by atoms with Crippen LogP contribution in [0.15, 0.2) is 52.5 Å². The lowest BCUT2D eigenvalue weighted by molar-refractivity contribution is 0.0960. The van der Waals surface area contributed by atoms with E-state index >= 15 is 0 Å². The van der Waals surface area contributed by atoms with E-state index in [-0.39, 0.29) is 6.10 Å². The normalized spacial score (nSPS) is 19.5. The van der Waals surface area contributed by atoms with Crippen molar-refractivity contribution in [1.82, 2.24) is 13.9 Å². The zero-order chi connectivity index (χ0) is 22.8. The van der Waals surface area contributed by atoms with Crippen LogP contribution in [0.1, 0.15) is 31.2 Å². The van der Waals surface area contributed by atoms with Crippen LogP contribution < -0.4 is 4.74 Å². The Hall–Kier alpha value is -2.07. The molecule has 1 atom stereocenters. The van der Waals surface area contributed by atoms with Gasteiger partial charge in [0, 0.05) is 25.4 Å². The number of imidazole rings is 1. The summed E-state index contributed by atoms with van der Waals surface area (Å²) in [5, 5.41) is 0.874. The molecule has 0 amide bonds. The number of ether oxygens (including phenoxy) is 2. The van der Waals surface area contributed by atoms with Crippen LogP contribution in [0.3, 0.4) is 0 Å². The molecule has 1 aromatic heterocycles. The Labute approximate surface area is 199 Å². The van der Waals surface area contributed by atoms with E-state index < -0.39 is 10.0 Å². The molecule has 0 saturated carbocycles. The molecule has 7 nitrogen and oxygen atoms in total. The molecule has 3 heterocycles. The van der Waals surface area contributed by atoms with Crippen LogP contribution in [0.4, 0.5) is 0 Å². The summed E-state index contributed by atoms with van der Waals surface area (Å²) in [5.74, 6) is 1.57. The van der Waals surface area contributed by atoms with Crippen molar-refractivity contribution >= 4 is 32.8 Å². The molecule has 0 radical (unpaired) electrons. The lowest BCUT2D eigenvalue weighted by Gasteiger charge is -2.16. The van der Waals surface area contributed by atoms with Crippen LogP contribution >= 0.6 is 11.8 Å². The van der Waals surface area contributed by atoms with E-state index in [0.717, 1.165) is 66.6 Å². The van der Waals surface area contributed by atoms with Gasteiger partial charge in [0.05, 0.1) is 35.7 Å². The summed E-state index contributed by atoms with van der Waals surface area (Å²) >= 11 is 1.65. The quantitative estimate of drug-likeness (QED) is 0.441. The number of aromatic nitrogens is 2. The molecule has 0 aliphatic carbocycles. The molecule has 176 valence electrons. The van der Waals surface area contributed by atoms with Crippen LogP contribution in [-0.2, 0) is 27.1 Å². The number of thioether (sulfide) groups is 1. The second-order valence-corrected chi connectivity index (χ2v) is 11.4. The van der Waals surface area contributed by atoms with Crippen molar-refractivity contribution < 1.29 is 17.9 Å². The van der Waals surface area contributed by atoms with E-state index in [9.17, 15) is 8.42 Å². The maximum Gasteiger partial charge on any atom is 0.243 e. The summed E-state index contributed by atoms with van der Waals surface area (Å²) in [5.41, 5.74) is 2.80. The number of nitrogens with zero attached hydrogens (tertiary/aromatic N) is 3. The number of hydrogen-bond acceptors (Lipinski definition) is 6. The average Bonchev–Trinajstić information content (AvgIpc) is 3.60. The minimum Gasteiger partial charge on any atom is -0.497 e. The first-order chi connectivity index (χ1) is 16.0. The van der Waals surface area contributed by atoms with Gasteiger partial charge in [-0.15, -0.1) is 0 Å². The maximum absolute atomic E-state index is 13.1. The summed E-state index contributed by atoms with van der Waals surface area (Å²) in [7, 11) is -1.81. The third-order valence-corrected chi connectivity index (χ3v) is 9.24. The molecule has 2 aliphatic heterocycles. The van der Waals surface area contributed by atoms with E-state index in [1.165, 1.54) is 0 Å². The number of benzene rings is 2. The van der Waals surface area contributed by atoms with Gasteiger partial charge >= 0.3 is 0 Å². The molecular formula is C24H29N3O4S2. The Kier molecular flexibility index (Phi) is 6.65. The van der Waals surface area contributed by atoms with Crippen molar-refractivity contribution in [3.63, 3.8) is 0 Å². The topological polar surface area (TPSA) is 73.7 Å². The first kappa shape index (κ1) is 22.7. The van der Waals surface area contributed by atoms with E-state index in [1.54, 1.807) is 35.3 Å². The van der Waals surface area contributed by atoms with Gasteiger partial charge in [0.15, 0.2) is 5.16 Å². The maximum atomic E-state index is 13.1. The third kappa shape index (κ3) is 4.77. The summed E-state index contributed by atoms with van der Waals surface area (Å²) in [4.78, 5) is 5.19. The monoisotopic (exact) mass is 487 g/mol. The fraction of sp³-hybridized carbons (Fsp3) is 0.458. The summed E-state index contributed by atoms with van der Waals surface area (Å²) < 4.78 is 41.1. The molecule has 2 aliphatic rings. The summed E-state index contributed by atoms with van der Waals surface area (Å²) in [6, 6.07) is 13.4. The van der Waals surface area contributed by atoms with Gasteiger partial charge in [0.25, 0.3) is 0 Å². The standard InChI is InChI=1S/C24H29N3O4S2/c1-30-19-7-4-6-18(14-19)17-32-24-25-22-15-21(33(28,29)26-11-2-3-12-26)9-10-23(22)27(24)16-20-8-5-13-31-20/h4,6-7,9-10,14-15,20H,2-3,5,8,11-13,16-17H2,1H3/t20-/m0/s1. The van der Waals surface area contributed by atoms with Gasteiger partial charge in [-0.3, -0.25) is 0 Å². The minimum atomic E-state index is -3.48. The van der Waals surface area contributed by atoms with Gasteiger partial charge < -0.3 is 14.0 Å². The van der Waals surface area contributed by atoms with Crippen molar-refractivity contribution in [3.8, 4) is 5.75 Å². The molecule has 2 aromatic carbocycles. The second-order valence-electron chi connectivity index (χ2n) is 8.54. The fourth-order valence-electron chi connectivity index (χ4n) is 4.51. The van der Waals surface area contributed by atoms with Crippen molar-refractivity contribution in [2.24, 2.45) is 0 Å². The molecule has 5 rings (SSSR count). The highest BCUT2D eigenvalue weighted by Gasteiger charge is 2.28. The van der Waals surface area contributed by atoms with E-state index in [2.05, 4.69) is 10.6 Å². The van der Waals surface area contributed by atoms with Crippen molar-refractivity contribution in [2.45, 2.75) is 54.1 Å². The highest BCUT2D eigenvalue weighted by atomic mass is 32.2. The Morgan fingerprint density at radius 1 is 1.15 bits per heavy atom. The largest absolute Gasteiger partial charge is 0.497 e. The van der Waals surface area contributed by atoms with Gasteiger partial charge in [-0.25, -0.2) is 13.4 Å². The van der Waals surface area contributed by atoms with Gasteiger partial charge in [-0.1, -0.05) is 23.9 Å². The summed E-state index contributed by atoms with van der Waals surface area (Å²) in [6.45, 7) is 2.70. The molecular weight excluding hydrogens is 458 g/mol. The average molecular weight is 488 g/mol. The van der Waals surface area contributed by atoms with E-state index in [1.807, 2.05) is 24.3 Å². The van der Waals surface area contributed by atoms with Crippen LogP contribution in [0.25, 0.3) is 11.0 Å². The minimum absolute atomic E-state index is 0.159. The molecule has 0 bridgehead atoms. The number of methoxy groups -OCH3 is 1. The molecule has 9 heteroatoms. The highest BCUT2D eigenvalue weighted by Crippen LogP contribution is 2.31. The van der Waals surface area contributed by atoms with E-state index in [4.69, 9.17) is 14.5 Å². The van der Waals surface area contributed by atoms with Crippen LogP contribution in [0.2, 0.25) is 0 Å². The smallest absolute Gasteiger partial charge is 0.243 e. The van der Waals surface area contributed by atoms with Crippen molar-refractivity contribution in [1.29, 1.82) is 0 Å². The Morgan fingerprint density at radius 2 is 2.00 bits per heavy atom. The van der Waals surface area contributed by atoms with Gasteiger partial charge in [0.2, 0.25) is 10.0 Å². The predicted octanol–water partition coefficient (Wildman–Crippen LogP) is 4.30. The second kappa shape index (κ2) is 9.66. The van der Waals surface area contributed by atoms with Crippen LogP contribution in [0.5, 0.6) is 5.75 Å². The van der Waals surface area contributed by atoms with Crippen LogP contribution in [-0.4, -0.2) is 55.2 Å². The number of rotatable bonds is 8. The molecule has 0 N–H and O–H groups in total. The molecule has 33 heavy (non-hydrogen) atoms. The molecule has 3 aromatic rings. The summed E-state index contributed by atoms with van der Waals surface area (Å²) in [6.07, 6.45) is 4.10. The Balaban J connectivity index is 1.47. The highest BCUT2D eigenvalue weighted by molar-refractivity contribution is 7.98. The molecule has 0 unspecified atom stereocenters. The van der Waals surface area contributed by atoms with Crippen molar-refractivity contribution in [3.05, 3.63) is 48.0 Å². The van der Waals surface area contributed by atoms with Gasteiger partial charge in [-0.05, 0) is 61.6 Å². The first-order valence-electron chi connectivity index (χ1n) is 11.4. The molecule has 2 saturated heterocycles.